The van der Waals surface area contributed by atoms with Gasteiger partial charge in [-0.25, -0.2) is 0 Å². The Labute approximate surface area is 119 Å². The first kappa shape index (κ1) is 13.2. The number of benzene rings is 1. The molecule has 0 saturated heterocycles. The monoisotopic (exact) mass is 271 g/mol. The Bertz CT molecular complexity index is 591. The number of fused-ring (bicyclic) bond motifs is 1. The zero-order valence-corrected chi connectivity index (χ0v) is 12.1. The molecule has 1 aliphatic rings. The maximum Gasteiger partial charge on any atom is 0.124 e. The van der Waals surface area contributed by atoms with E-state index in [4.69, 9.17) is 4.74 Å². The van der Waals surface area contributed by atoms with E-state index in [0.29, 0.717) is 6.04 Å². The minimum atomic E-state index is 0.366. The highest BCUT2D eigenvalue weighted by atomic mass is 16.5. The summed E-state index contributed by atoms with van der Waals surface area (Å²) in [5.74, 6) is 1.01. The van der Waals surface area contributed by atoms with Gasteiger partial charge in [0, 0.05) is 43.4 Å². The summed E-state index contributed by atoms with van der Waals surface area (Å²) >= 11 is 0. The van der Waals surface area contributed by atoms with Crippen LogP contribution in [-0.4, -0.2) is 16.4 Å². The van der Waals surface area contributed by atoms with E-state index < -0.39 is 0 Å². The molecule has 1 aliphatic heterocycles. The van der Waals surface area contributed by atoms with Crippen LogP contribution in [0.4, 0.5) is 0 Å². The molecule has 1 aromatic heterocycles. The molecule has 2 heterocycles. The number of ether oxygens (including phenoxy) is 1. The van der Waals surface area contributed by atoms with Crippen molar-refractivity contribution in [3.63, 3.8) is 0 Å². The Kier molecular flexibility index (Phi) is 3.74. The minimum absolute atomic E-state index is 0.366. The first-order valence-corrected chi connectivity index (χ1v) is 7.24. The SMILES string of the molecule is CCc1nn(C)cc1CNC1CCOc2ccccc21. The van der Waals surface area contributed by atoms with E-state index >= 15 is 0 Å². The molecule has 1 N–H and O–H groups in total. The lowest BCUT2D eigenvalue weighted by molar-refractivity contribution is 0.252. The molecule has 0 amide bonds. The highest BCUT2D eigenvalue weighted by Crippen LogP contribution is 2.31. The fraction of sp³-hybridized carbons (Fsp3) is 0.438. The third-order valence-electron chi connectivity index (χ3n) is 3.82. The summed E-state index contributed by atoms with van der Waals surface area (Å²) in [6.45, 7) is 3.79. The van der Waals surface area contributed by atoms with Crippen LogP contribution in [0.5, 0.6) is 5.75 Å². The molecule has 0 spiro atoms. The van der Waals surface area contributed by atoms with Gasteiger partial charge in [0.15, 0.2) is 0 Å². The van der Waals surface area contributed by atoms with Crippen LogP contribution in [0.2, 0.25) is 0 Å². The minimum Gasteiger partial charge on any atom is -0.493 e. The van der Waals surface area contributed by atoms with Gasteiger partial charge in [-0.2, -0.15) is 5.10 Å². The Morgan fingerprint density at radius 2 is 2.25 bits per heavy atom. The average molecular weight is 271 g/mol. The summed E-state index contributed by atoms with van der Waals surface area (Å²) in [5, 5.41) is 8.14. The molecule has 0 radical (unpaired) electrons. The molecule has 1 atom stereocenters. The quantitative estimate of drug-likeness (QED) is 0.929. The second-order valence-corrected chi connectivity index (χ2v) is 5.24. The van der Waals surface area contributed by atoms with E-state index in [1.807, 2.05) is 23.9 Å². The third kappa shape index (κ3) is 2.56. The van der Waals surface area contributed by atoms with Crippen LogP contribution in [0.1, 0.15) is 36.2 Å². The molecule has 4 heteroatoms. The maximum absolute atomic E-state index is 5.70. The lowest BCUT2D eigenvalue weighted by Gasteiger charge is -2.26. The van der Waals surface area contributed by atoms with E-state index in [1.54, 1.807) is 0 Å². The number of nitrogens with one attached hydrogen (secondary N) is 1. The van der Waals surface area contributed by atoms with Crippen LogP contribution < -0.4 is 10.1 Å². The van der Waals surface area contributed by atoms with Crippen molar-refractivity contribution in [3.05, 3.63) is 47.3 Å². The number of hydrogen-bond acceptors (Lipinski definition) is 3. The van der Waals surface area contributed by atoms with Gasteiger partial charge in [0.1, 0.15) is 5.75 Å². The lowest BCUT2D eigenvalue weighted by Crippen LogP contribution is -2.26. The zero-order valence-electron chi connectivity index (χ0n) is 12.1. The fourth-order valence-electron chi connectivity index (χ4n) is 2.82. The van der Waals surface area contributed by atoms with Crippen LogP contribution in [-0.2, 0) is 20.0 Å². The standard InChI is InChI=1S/C16H21N3O/c1-3-14-12(11-19(2)18-14)10-17-15-8-9-20-16-7-5-4-6-13(15)16/h4-7,11,15,17H,3,8-10H2,1-2H3. The molecule has 106 valence electrons. The summed E-state index contributed by atoms with van der Waals surface area (Å²) in [4.78, 5) is 0. The number of rotatable bonds is 4. The van der Waals surface area contributed by atoms with Gasteiger partial charge in [-0.3, -0.25) is 4.68 Å². The molecule has 0 saturated carbocycles. The summed E-state index contributed by atoms with van der Waals surface area (Å²) in [6, 6.07) is 8.66. The second kappa shape index (κ2) is 5.67. The van der Waals surface area contributed by atoms with E-state index in [0.717, 1.165) is 31.7 Å². The highest BCUT2D eigenvalue weighted by Gasteiger charge is 2.20. The van der Waals surface area contributed by atoms with Crippen molar-refractivity contribution in [2.45, 2.75) is 32.4 Å². The van der Waals surface area contributed by atoms with Gasteiger partial charge in [0.2, 0.25) is 0 Å². The van der Waals surface area contributed by atoms with Gasteiger partial charge in [-0.15, -0.1) is 0 Å². The van der Waals surface area contributed by atoms with Crippen LogP contribution in [0.15, 0.2) is 30.5 Å². The van der Waals surface area contributed by atoms with Crippen LogP contribution in [0.3, 0.4) is 0 Å². The first-order chi connectivity index (χ1) is 9.78. The summed E-state index contributed by atoms with van der Waals surface area (Å²) in [5.41, 5.74) is 3.74. The molecule has 3 rings (SSSR count). The van der Waals surface area contributed by atoms with Crippen LogP contribution >= 0.6 is 0 Å². The average Bonchev–Trinajstić information content (AvgIpc) is 2.85. The van der Waals surface area contributed by atoms with Crippen molar-refractivity contribution in [2.75, 3.05) is 6.61 Å². The number of nitrogens with zero attached hydrogens (tertiary/aromatic N) is 2. The summed E-state index contributed by atoms with van der Waals surface area (Å²) < 4.78 is 7.59. The van der Waals surface area contributed by atoms with E-state index in [9.17, 15) is 0 Å². The molecule has 1 unspecified atom stereocenters. The number of aryl methyl sites for hydroxylation is 2. The molecular weight excluding hydrogens is 250 g/mol. The number of hydrogen-bond donors (Lipinski definition) is 1. The fourth-order valence-corrected chi connectivity index (χ4v) is 2.82. The topological polar surface area (TPSA) is 39.1 Å². The highest BCUT2D eigenvalue weighted by molar-refractivity contribution is 5.37. The van der Waals surface area contributed by atoms with Gasteiger partial charge in [-0.05, 0) is 12.5 Å². The number of para-hydroxylation sites is 1. The molecule has 0 fully saturated rings. The molecule has 2 aromatic rings. The Balaban J connectivity index is 1.73. The van der Waals surface area contributed by atoms with Crippen molar-refractivity contribution in [1.29, 1.82) is 0 Å². The second-order valence-electron chi connectivity index (χ2n) is 5.24. The predicted octanol–water partition coefficient (Wildman–Crippen LogP) is 2.60. The van der Waals surface area contributed by atoms with E-state index in [-0.39, 0.29) is 0 Å². The molecule has 20 heavy (non-hydrogen) atoms. The lowest BCUT2D eigenvalue weighted by atomic mass is 10.0. The number of aromatic nitrogens is 2. The zero-order chi connectivity index (χ0) is 13.9. The molecule has 1 aromatic carbocycles. The largest absolute Gasteiger partial charge is 0.493 e. The summed E-state index contributed by atoms with van der Waals surface area (Å²) in [6.07, 6.45) is 4.10. The van der Waals surface area contributed by atoms with Crippen molar-refractivity contribution in [2.24, 2.45) is 7.05 Å². The third-order valence-corrected chi connectivity index (χ3v) is 3.82. The Hall–Kier alpha value is -1.81. The molecular formula is C16H21N3O. The predicted molar refractivity (Wildman–Crippen MR) is 78.7 cm³/mol. The van der Waals surface area contributed by atoms with Crippen molar-refractivity contribution < 1.29 is 4.74 Å². The molecule has 0 aliphatic carbocycles. The first-order valence-electron chi connectivity index (χ1n) is 7.24. The molecule has 0 bridgehead atoms. The Morgan fingerprint density at radius 1 is 1.40 bits per heavy atom. The van der Waals surface area contributed by atoms with Crippen LogP contribution in [0, 0.1) is 0 Å². The van der Waals surface area contributed by atoms with E-state index in [1.165, 1.54) is 16.8 Å². The van der Waals surface area contributed by atoms with E-state index in [2.05, 4.69) is 35.7 Å². The van der Waals surface area contributed by atoms with Gasteiger partial charge < -0.3 is 10.1 Å². The maximum atomic E-state index is 5.70. The van der Waals surface area contributed by atoms with Crippen LogP contribution in [0.25, 0.3) is 0 Å². The van der Waals surface area contributed by atoms with Crippen molar-refractivity contribution >= 4 is 0 Å². The van der Waals surface area contributed by atoms with Gasteiger partial charge >= 0.3 is 0 Å². The molecule has 4 nitrogen and oxygen atoms in total. The van der Waals surface area contributed by atoms with Crippen molar-refractivity contribution in [1.82, 2.24) is 15.1 Å². The van der Waals surface area contributed by atoms with Crippen molar-refractivity contribution in [3.8, 4) is 5.75 Å². The Morgan fingerprint density at radius 3 is 3.10 bits per heavy atom. The summed E-state index contributed by atoms with van der Waals surface area (Å²) in [7, 11) is 1.98. The van der Waals surface area contributed by atoms with Gasteiger partial charge in [0.25, 0.3) is 0 Å². The smallest absolute Gasteiger partial charge is 0.124 e. The van der Waals surface area contributed by atoms with Gasteiger partial charge in [-0.1, -0.05) is 25.1 Å². The normalized spacial score (nSPS) is 17.6. The van der Waals surface area contributed by atoms with Gasteiger partial charge in [0.05, 0.1) is 12.3 Å².